The number of hydrogen-bond donors (Lipinski definition) is 1. The number of hydrogen-bond acceptors (Lipinski definition) is 2. The Labute approximate surface area is 102 Å². The highest BCUT2D eigenvalue weighted by Gasteiger charge is 2.05. The summed E-state index contributed by atoms with van der Waals surface area (Å²) in [6.07, 6.45) is 0.817. The third kappa shape index (κ3) is 5.00. The first-order valence-corrected chi connectivity index (χ1v) is 5.89. The van der Waals surface area contributed by atoms with Crippen LogP contribution in [0.1, 0.15) is 25.8 Å². The lowest BCUT2D eigenvalue weighted by atomic mass is 10.2. The van der Waals surface area contributed by atoms with Crippen LogP contribution in [0.15, 0.2) is 30.4 Å². The lowest BCUT2D eigenvalue weighted by Crippen LogP contribution is -2.13. The Morgan fingerprint density at radius 2 is 2.24 bits per heavy atom. The van der Waals surface area contributed by atoms with Gasteiger partial charge in [-0.25, -0.2) is 4.39 Å². The van der Waals surface area contributed by atoms with Crippen molar-refractivity contribution in [3.8, 4) is 5.75 Å². The quantitative estimate of drug-likeness (QED) is 0.735. The predicted octanol–water partition coefficient (Wildman–Crippen LogP) is 3.28. The van der Waals surface area contributed by atoms with Crippen molar-refractivity contribution in [2.75, 3.05) is 13.2 Å². The van der Waals surface area contributed by atoms with Gasteiger partial charge in [-0.2, -0.15) is 0 Å². The maximum Gasteiger partial charge on any atom is 0.123 e. The van der Waals surface area contributed by atoms with Gasteiger partial charge in [0.2, 0.25) is 0 Å². The Kier molecular flexibility index (Phi) is 5.70. The zero-order valence-corrected chi connectivity index (χ0v) is 10.6. The lowest BCUT2D eigenvalue weighted by Gasteiger charge is -2.12. The van der Waals surface area contributed by atoms with Crippen molar-refractivity contribution in [1.29, 1.82) is 0 Å². The van der Waals surface area contributed by atoms with Crippen LogP contribution in [0.5, 0.6) is 5.75 Å². The topological polar surface area (TPSA) is 21.3 Å². The van der Waals surface area contributed by atoms with Crippen LogP contribution in [0.2, 0.25) is 0 Å². The SMILES string of the molecule is C=C(C)CCOc1ccc(F)cc1CNCC. The van der Waals surface area contributed by atoms with E-state index in [-0.39, 0.29) is 5.82 Å². The maximum absolute atomic E-state index is 13.1. The van der Waals surface area contributed by atoms with Gasteiger partial charge in [0, 0.05) is 18.5 Å². The molecule has 0 aliphatic carbocycles. The van der Waals surface area contributed by atoms with Crippen LogP contribution in [0.4, 0.5) is 4.39 Å². The molecule has 0 atom stereocenters. The molecule has 3 heteroatoms. The number of ether oxygens (including phenoxy) is 1. The standard InChI is InChI=1S/C14H20FNO/c1-4-16-10-12-9-13(15)5-6-14(12)17-8-7-11(2)3/h5-6,9,16H,2,4,7-8,10H2,1,3H3. The predicted molar refractivity (Wildman–Crippen MR) is 68.7 cm³/mol. The molecule has 0 fully saturated rings. The smallest absolute Gasteiger partial charge is 0.123 e. The minimum Gasteiger partial charge on any atom is -0.493 e. The molecule has 1 rings (SSSR count). The van der Waals surface area contributed by atoms with Crippen molar-refractivity contribution in [1.82, 2.24) is 5.32 Å². The van der Waals surface area contributed by atoms with E-state index >= 15 is 0 Å². The summed E-state index contributed by atoms with van der Waals surface area (Å²) in [7, 11) is 0. The normalized spacial score (nSPS) is 10.3. The van der Waals surface area contributed by atoms with E-state index in [0.717, 1.165) is 29.9 Å². The van der Waals surface area contributed by atoms with Gasteiger partial charge in [-0.3, -0.25) is 0 Å². The van der Waals surface area contributed by atoms with Crippen molar-refractivity contribution in [3.05, 3.63) is 41.7 Å². The first-order chi connectivity index (χ1) is 8.13. The largest absolute Gasteiger partial charge is 0.493 e. The van der Waals surface area contributed by atoms with Crippen molar-refractivity contribution < 1.29 is 9.13 Å². The first kappa shape index (κ1) is 13.7. The third-order valence-electron chi connectivity index (χ3n) is 2.37. The highest BCUT2D eigenvalue weighted by atomic mass is 19.1. The van der Waals surface area contributed by atoms with Crippen LogP contribution in [-0.2, 0) is 6.54 Å². The Bertz CT molecular complexity index is 376. The van der Waals surface area contributed by atoms with Gasteiger partial charge in [0.15, 0.2) is 0 Å². The first-order valence-electron chi connectivity index (χ1n) is 5.89. The Morgan fingerprint density at radius 3 is 2.88 bits per heavy atom. The number of benzene rings is 1. The molecule has 17 heavy (non-hydrogen) atoms. The summed E-state index contributed by atoms with van der Waals surface area (Å²) in [5, 5.41) is 3.17. The molecule has 0 amide bonds. The van der Waals surface area contributed by atoms with Crippen LogP contribution >= 0.6 is 0 Å². The van der Waals surface area contributed by atoms with Crippen LogP contribution in [0.3, 0.4) is 0 Å². The molecule has 0 aliphatic rings. The molecule has 1 aromatic rings. The minimum absolute atomic E-state index is 0.231. The number of halogens is 1. The highest BCUT2D eigenvalue weighted by Crippen LogP contribution is 2.20. The highest BCUT2D eigenvalue weighted by molar-refractivity contribution is 5.34. The van der Waals surface area contributed by atoms with Gasteiger partial charge < -0.3 is 10.1 Å². The Morgan fingerprint density at radius 1 is 1.47 bits per heavy atom. The fourth-order valence-corrected chi connectivity index (χ4v) is 1.42. The molecule has 0 aliphatic heterocycles. The second-order valence-electron chi connectivity index (χ2n) is 4.09. The molecule has 1 aromatic carbocycles. The average Bonchev–Trinajstić information content (AvgIpc) is 2.28. The van der Waals surface area contributed by atoms with Gasteiger partial charge in [0.05, 0.1) is 6.61 Å². The van der Waals surface area contributed by atoms with Crippen molar-refractivity contribution in [2.45, 2.75) is 26.8 Å². The van der Waals surface area contributed by atoms with Crippen LogP contribution in [0.25, 0.3) is 0 Å². The van der Waals surface area contributed by atoms with E-state index in [1.165, 1.54) is 12.1 Å². The second kappa shape index (κ2) is 7.07. The monoisotopic (exact) mass is 237 g/mol. The molecule has 0 saturated carbocycles. The van der Waals surface area contributed by atoms with E-state index in [9.17, 15) is 4.39 Å². The van der Waals surface area contributed by atoms with E-state index in [0.29, 0.717) is 13.2 Å². The lowest BCUT2D eigenvalue weighted by molar-refractivity contribution is 0.317. The fourth-order valence-electron chi connectivity index (χ4n) is 1.42. The zero-order chi connectivity index (χ0) is 12.7. The summed E-state index contributed by atoms with van der Waals surface area (Å²) in [6.45, 7) is 9.85. The minimum atomic E-state index is -0.231. The van der Waals surface area contributed by atoms with Crippen molar-refractivity contribution in [3.63, 3.8) is 0 Å². The van der Waals surface area contributed by atoms with Gasteiger partial charge in [-0.05, 0) is 31.7 Å². The molecule has 2 nitrogen and oxygen atoms in total. The summed E-state index contributed by atoms with van der Waals surface area (Å²) in [5.41, 5.74) is 1.94. The molecule has 94 valence electrons. The summed E-state index contributed by atoms with van der Waals surface area (Å²) in [6, 6.07) is 4.62. The van der Waals surface area contributed by atoms with Gasteiger partial charge in [-0.1, -0.05) is 12.5 Å². The second-order valence-corrected chi connectivity index (χ2v) is 4.09. The molecule has 0 aromatic heterocycles. The molecular weight excluding hydrogens is 217 g/mol. The molecular formula is C14H20FNO. The summed E-state index contributed by atoms with van der Waals surface area (Å²) in [5.74, 6) is 0.513. The zero-order valence-electron chi connectivity index (χ0n) is 10.6. The summed E-state index contributed by atoms with van der Waals surface area (Å²) >= 11 is 0. The van der Waals surface area contributed by atoms with Crippen molar-refractivity contribution in [2.24, 2.45) is 0 Å². The molecule has 0 saturated heterocycles. The molecule has 0 radical (unpaired) electrons. The molecule has 1 N–H and O–H groups in total. The van der Waals surface area contributed by atoms with E-state index in [2.05, 4.69) is 11.9 Å². The molecule has 0 bridgehead atoms. The summed E-state index contributed by atoms with van der Waals surface area (Å²) in [4.78, 5) is 0. The molecule has 0 unspecified atom stereocenters. The number of nitrogens with one attached hydrogen (secondary N) is 1. The van der Waals surface area contributed by atoms with E-state index < -0.39 is 0 Å². The maximum atomic E-state index is 13.1. The van der Waals surface area contributed by atoms with Crippen molar-refractivity contribution >= 4 is 0 Å². The van der Waals surface area contributed by atoms with Gasteiger partial charge in [0.1, 0.15) is 11.6 Å². The Balaban J connectivity index is 2.64. The summed E-state index contributed by atoms with van der Waals surface area (Å²) < 4.78 is 18.8. The van der Waals surface area contributed by atoms with Crippen LogP contribution in [0, 0.1) is 5.82 Å². The molecule has 0 heterocycles. The van der Waals surface area contributed by atoms with E-state index in [1.54, 1.807) is 6.07 Å². The fraction of sp³-hybridized carbons (Fsp3) is 0.429. The third-order valence-corrected chi connectivity index (χ3v) is 2.37. The average molecular weight is 237 g/mol. The van der Waals surface area contributed by atoms with Crippen LogP contribution in [-0.4, -0.2) is 13.2 Å². The van der Waals surface area contributed by atoms with Gasteiger partial charge in [-0.15, -0.1) is 6.58 Å². The number of rotatable bonds is 7. The van der Waals surface area contributed by atoms with Gasteiger partial charge in [0.25, 0.3) is 0 Å². The van der Waals surface area contributed by atoms with Gasteiger partial charge >= 0.3 is 0 Å². The van der Waals surface area contributed by atoms with E-state index in [1.807, 2.05) is 13.8 Å². The molecule has 0 spiro atoms. The van der Waals surface area contributed by atoms with Crippen LogP contribution < -0.4 is 10.1 Å². The van der Waals surface area contributed by atoms with E-state index in [4.69, 9.17) is 4.74 Å². The Hall–Kier alpha value is -1.35.